The summed E-state index contributed by atoms with van der Waals surface area (Å²) in [4.78, 5) is 17.9. The number of benzene rings is 2. The lowest BCUT2D eigenvalue weighted by Crippen LogP contribution is -2.15. The summed E-state index contributed by atoms with van der Waals surface area (Å²) in [6.07, 6.45) is 0.771. The Balaban J connectivity index is 1.57. The first-order valence-electron chi connectivity index (χ1n) is 7.09. The van der Waals surface area contributed by atoms with Gasteiger partial charge in [0, 0.05) is 27.7 Å². The predicted molar refractivity (Wildman–Crippen MR) is 91.4 cm³/mol. The number of carbonyl (C=O) groups excluding carboxylic acids is 1. The predicted octanol–water partition coefficient (Wildman–Crippen LogP) is 4.16. The number of hydrogen-bond donors (Lipinski definition) is 0. The molecule has 2 aromatic carbocycles. The van der Waals surface area contributed by atoms with E-state index in [4.69, 9.17) is 21.2 Å². The largest absolute Gasteiger partial charge is 0.482 e. The maximum atomic E-state index is 11.8. The Morgan fingerprint density at radius 1 is 1.17 bits per heavy atom. The molecule has 4 nitrogen and oxygen atoms in total. The van der Waals surface area contributed by atoms with Crippen molar-refractivity contribution < 1.29 is 14.4 Å². The van der Waals surface area contributed by atoms with Crippen LogP contribution in [0.1, 0.15) is 12.0 Å². The van der Waals surface area contributed by atoms with E-state index in [1.54, 1.807) is 36.0 Å². The van der Waals surface area contributed by atoms with Crippen molar-refractivity contribution in [3.8, 4) is 5.75 Å². The quantitative estimate of drug-likeness (QED) is 0.615. The topological polar surface area (TPSA) is 47.9 Å². The Morgan fingerprint density at radius 3 is 2.78 bits per heavy atom. The Hall–Kier alpha value is -1.98. The molecule has 0 radical (unpaired) electrons. The molecule has 6 heteroatoms. The zero-order valence-corrected chi connectivity index (χ0v) is 13.8. The monoisotopic (exact) mass is 347 g/mol. The second kappa shape index (κ2) is 7.53. The molecule has 0 N–H and O–H groups in total. The summed E-state index contributed by atoms with van der Waals surface area (Å²) in [6.45, 7) is -0.200. The zero-order valence-electron chi connectivity index (χ0n) is 12.2. The fourth-order valence-electron chi connectivity index (χ4n) is 2.12. The van der Waals surface area contributed by atoms with Gasteiger partial charge in [-0.1, -0.05) is 35.0 Å². The van der Waals surface area contributed by atoms with Crippen LogP contribution in [-0.2, 0) is 9.63 Å². The van der Waals surface area contributed by atoms with E-state index in [0.717, 1.165) is 28.3 Å². The minimum atomic E-state index is -0.539. The molecule has 0 bridgehead atoms. The van der Waals surface area contributed by atoms with Crippen LogP contribution in [0.25, 0.3) is 0 Å². The molecule has 23 heavy (non-hydrogen) atoms. The van der Waals surface area contributed by atoms with Gasteiger partial charge in [0.15, 0.2) is 6.61 Å². The average molecular weight is 348 g/mol. The van der Waals surface area contributed by atoms with Crippen LogP contribution in [0.15, 0.2) is 58.6 Å². The third-order valence-corrected chi connectivity index (χ3v) is 4.55. The molecule has 0 saturated carbocycles. The zero-order chi connectivity index (χ0) is 16.1. The van der Waals surface area contributed by atoms with Crippen molar-refractivity contribution >= 4 is 35.0 Å². The Labute approximate surface area is 143 Å². The van der Waals surface area contributed by atoms with Crippen LogP contribution in [0.5, 0.6) is 5.75 Å². The van der Waals surface area contributed by atoms with E-state index < -0.39 is 5.97 Å². The summed E-state index contributed by atoms with van der Waals surface area (Å²) < 4.78 is 5.33. The molecule has 118 valence electrons. The van der Waals surface area contributed by atoms with E-state index in [9.17, 15) is 4.79 Å². The summed E-state index contributed by atoms with van der Waals surface area (Å²) in [5.74, 6) is 0.941. The molecule has 0 spiro atoms. The molecule has 1 aliphatic heterocycles. The van der Waals surface area contributed by atoms with Crippen LogP contribution in [0.2, 0.25) is 5.02 Å². The number of fused-ring (bicyclic) bond motifs is 1. The van der Waals surface area contributed by atoms with Gasteiger partial charge in [0.1, 0.15) is 5.75 Å². The number of carbonyl (C=O) groups is 1. The molecule has 0 fully saturated rings. The van der Waals surface area contributed by atoms with Crippen molar-refractivity contribution in [2.75, 3.05) is 12.4 Å². The van der Waals surface area contributed by atoms with Crippen LogP contribution in [0.3, 0.4) is 0 Å². The highest BCUT2D eigenvalue weighted by Gasteiger charge is 2.16. The van der Waals surface area contributed by atoms with Crippen molar-refractivity contribution in [3.05, 3.63) is 59.1 Å². The van der Waals surface area contributed by atoms with Gasteiger partial charge in [-0.3, -0.25) is 0 Å². The van der Waals surface area contributed by atoms with E-state index in [2.05, 4.69) is 5.16 Å². The third-order valence-electron chi connectivity index (χ3n) is 3.22. The highest BCUT2D eigenvalue weighted by atomic mass is 35.5. The first-order chi connectivity index (χ1) is 11.2. The number of halogens is 1. The maximum absolute atomic E-state index is 11.8. The van der Waals surface area contributed by atoms with Gasteiger partial charge in [0.05, 0.1) is 5.71 Å². The van der Waals surface area contributed by atoms with Gasteiger partial charge in [-0.2, -0.15) is 0 Å². The first kappa shape index (κ1) is 15.9. The van der Waals surface area contributed by atoms with Crippen LogP contribution in [0.4, 0.5) is 0 Å². The minimum Gasteiger partial charge on any atom is -0.482 e. The van der Waals surface area contributed by atoms with Gasteiger partial charge in [0.2, 0.25) is 0 Å². The smallest absolute Gasteiger partial charge is 0.372 e. The fraction of sp³-hybridized carbons (Fsp3) is 0.176. The maximum Gasteiger partial charge on any atom is 0.372 e. The minimum absolute atomic E-state index is 0.200. The molecule has 1 aliphatic rings. The van der Waals surface area contributed by atoms with Crippen molar-refractivity contribution in [2.24, 2.45) is 5.16 Å². The molecule has 2 aromatic rings. The van der Waals surface area contributed by atoms with Gasteiger partial charge in [0.25, 0.3) is 0 Å². The number of ether oxygens (including phenoxy) is 1. The van der Waals surface area contributed by atoms with Crippen LogP contribution >= 0.6 is 23.4 Å². The Morgan fingerprint density at radius 2 is 1.96 bits per heavy atom. The lowest BCUT2D eigenvalue weighted by atomic mass is 10.1. The number of nitrogens with zero attached hydrogens (tertiary/aromatic N) is 1. The van der Waals surface area contributed by atoms with Gasteiger partial charge < -0.3 is 9.57 Å². The fourth-order valence-corrected chi connectivity index (χ4v) is 3.28. The summed E-state index contributed by atoms with van der Waals surface area (Å²) >= 11 is 7.56. The third kappa shape index (κ3) is 4.27. The van der Waals surface area contributed by atoms with Crippen molar-refractivity contribution in [2.45, 2.75) is 11.3 Å². The highest BCUT2D eigenvalue weighted by molar-refractivity contribution is 7.99. The molecule has 0 atom stereocenters. The number of rotatable bonds is 4. The SMILES string of the molecule is O=C(COc1ccc(Cl)cc1)O/N=C1/CCSc2ccccc21. The van der Waals surface area contributed by atoms with Crippen molar-refractivity contribution in [1.82, 2.24) is 0 Å². The molecule has 3 rings (SSSR count). The van der Waals surface area contributed by atoms with Crippen LogP contribution < -0.4 is 4.74 Å². The molecule has 0 saturated heterocycles. The molecular formula is C17H14ClNO3S. The molecule has 0 aliphatic carbocycles. The van der Waals surface area contributed by atoms with Crippen LogP contribution in [0, 0.1) is 0 Å². The Bertz CT molecular complexity index is 731. The number of oxime groups is 1. The Kier molecular flexibility index (Phi) is 5.20. The van der Waals surface area contributed by atoms with E-state index in [-0.39, 0.29) is 6.61 Å². The summed E-state index contributed by atoms with van der Waals surface area (Å²) in [5, 5.41) is 4.61. The summed E-state index contributed by atoms with van der Waals surface area (Å²) in [7, 11) is 0. The normalized spacial score (nSPS) is 15.1. The van der Waals surface area contributed by atoms with Gasteiger partial charge >= 0.3 is 5.97 Å². The van der Waals surface area contributed by atoms with E-state index in [1.165, 1.54) is 0 Å². The summed E-state index contributed by atoms with van der Waals surface area (Å²) in [6, 6.07) is 14.7. The van der Waals surface area contributed by atoms with Gasteiger partial charge in [-0.25, -0.2) is 4.79 Å². The highest BCUT2D eigenvalue weighted by Crippen LogP contribution is 2.29. The molecule has 0 unspecified atom stereocenters. The van der Waals surface area contributed by atoms with Gasteiger partial charge in [-0.15, -0.1) is 11.8 Å². The molecular weight excluding hydrogens is 334 g/mol. The van der Waals surface area contributed by atoms with Crippen molar-refractivity contribution in [1.29, 1.82) is 0 Å². The average Bonchev–Trinajstić information content (AvgIpc) is 2.59. The second-order valence-corrected chi connectivity index (χ2v) is 6.41. The molecule has 0 aromatic heterocycles. The second-order valence-electron chi connectivity index (χ2n) is 4.84. The standard InChI is InChI=1S/C17H14ClNO3S/c18-12-5-7-13(8-6-12)21-11-17(20)22-19-15-9-10-23-16-4-2-1-3-14(15)16/h1-8H,9-11H2/b19-15-. The lowest BCUT2D eigenvalue weighted by Gasteiger charge is -2.16. The number of hydrogen-bond acceptors (Lipinski definition) is 5. The van der Waals surface area contributed by atoms with Crippen molar-refractivity contribution in [3.63, 3.8) is 0 Å². The summed E-state index contributed by atoms with van der Waals surface area (Å²) in [5.41, 5.74) is 1.81. The molecule has 1 heterocycles. The van der Waals surface area contributed by atoms with E-state index in [0.29, 0.717) is 10.8 Å². The van der Waals surface area contributed by atoms with E-state index >= 15 is 0 Å². The van der Waals surface area contributed by atoms with E-state index in [1.807, 2.05) is 24.3 Å². The lowest BCUT2D eigenvalue weighted by molar-refractivity contribution is -0.146. The number of thioether (sulfide) groups is 1. The first-order valence-corrected chi connectivity index (χ1v) is 8.46. The van der Waals surface area contributed by atoms with Crippen LogP contribution in [-0.4, -0.2) is 24.0 Å². The molecule has 0 amide bonds. The van der Waals surface area contributed by atoms with Gasteiger partial charge in [-0.05, 0) is 30.3 Å².